The normalized spacial score (nSPS) is 27.4. The molecule has 3 rings (SSSR count). The van der Waals surface area contributed by atoms with E-state index in [2.05, 4.69) is 29.6 Å². The molecule has 2 aliphatic carbocycles. The first-order valence-corrected chi connectivity index (χ1v) is 8.62. The molecule has 1 saturated carbocycles. The average molecular weight is 313 g/mol. The van der Waals surface area contributed by atoms with E-state index in [1.165, 1.54) is 12.1 Å². The molecule has 1 fully saturated rings. The van der Waals surface area contributed by atoms with Crippen molar-refractivity contribution in [2.75, 3.05) is 5.32 Å². The van der Waals surface area contributed by atoms with Crippen molar-refractivity contribution in [3.05, 3.63) is 54.4 Å². The lowest BCUT2D eigenvalue weighted by Crippen LogP contribution is -2.15. The third-order valence-corrected chi connectivity index (χ3v) is 4.91. The van der Waals surface area contributed by atoms with E-state index >= 15 is 0 Å². The number of fused-ring (bicyclic) bond motifs is 1. The number of benzene rings is 1. The molecule has 2 atom stereocenters. The Bertz CT molecular complexity index is 566. The van der Waals surface area contributed by atoms with Crippen LogP contribution in [0.3, 0.4) is 0 Å². The van der Waals surface area contributed by atoms with Gasteiger partial charge < -0.3 is 5.32 Å². The van der Waals surface area contributed by atoms with Crippen molar-refractivity contribution < 1.29 is 9.18 Å². The van der Waals surface area contributed by atoms with Gasteiger partial charge in [-0.25, -0.2) is 4.39 Å². The summed E-state index contributed by atoms with van der Waals surface area (Å²) in [5.41, 5.74) is 0.679. The number of halogens is 1. The maximum absolute atomic E-state index is 12.9. The van der Waals surface area contributed by atoms with Gasteiger partial charge in [0.1, 0.15) is 5.82 Å². The minimum absolute atomic E-state index is 0.0921. The molecule has 0 heterocycles. The summed E-state index contributed by atoms with van der Waals surface area (Å²) in [6, 6.07) is 5.99. The van der Waals surface area contributed by atoms with Gasteiger partial charge in [-0.1, -0.05) is 24.3 Å². The van der Waals surface area contributed by atoms with E-state index < -0.39 is 0 Å². The molecule has 0 spiro atoms. The van der Waals surface area contributed by atoms with Gasteiger partial charge in [-0.15, -0.1) is 0 Å². The first-order valence-electron chi connectivity index (χ1n) is 8.62. The Hall–Kier alpha value is -1.90. The lowest BCUT2D eigenvalue weighted by Gasteiger charge is -2.04. The molecule has 122 valence electrons. The number of anilines is 1. The lowest BCUT2D eigenvalue weighted by molar-refractivity contribution is -0.117. The van der Waals surface area contributed by atoms with E-state index in [9.17, 15) is 9.18 Å². The largest absolute Gasteiger partial charge is 0.326 e. The van der Waals surface area contributed by atoms with Crippen LogP contribution in [-0.4, -0.2) is 5.91 Å². The molecule has 0 bridgehead atoms. The fourth-order valence-electron chi connectivity index (χ4n) is 3.62. The Balaban J connectivity index is 1.60. The number of hydrogen-bond donors (Lipinski definition) is 1. The summed E-state index contributed by atoms with van der Waals surface area (Å²) in [4.78, 5) is 12.5. The number of rotatable bonds is 2. The third kappa shape index (κ3) is 4.31. The molecule has 23 heavy (non-hydrogen) atoms. The van der Waals surface area contributed by atoms with Crippen molar-refractivity contribution >= 4 is 11.6 Å². The Labute approximate surface area is 137 Å². The smallest absolute Gasteiger partial charge is 0.228 e. The summed E-state index contributed by atoms with van der Waals surface area (Å²) in [5.74, 6) is 0.909. The maximum Gasteiger partial charge on any atom is 0.228 e. The number of nitrogens with one attached hydrogen (secondary N) is 1. The van der Waals surface area contributed by atoms with Crippen LogP contribution in [0.1, 0.15) is 38.5 Å². The molecule has 0 radical (unpaired) electrons. The van der Waals surface area contributed by atoms with Crippen LogP contribution >= 0.6 is 0 Å². The van der Waals surface area contributed by atoms with Crippen LogP contribution in [-0.2, 0) is 4.79 Å². The molecule has 1 N–H and O–H groups in total. The maximum atomic E-state index is 12.9. The van der Waals surface area contributed by atoms with Crippen molar-refractivity contribution in [2.24, 2.45) is 17.8 Å². The summed E-state index contributed by atoms with van der Waals surface area (Å²) in [7, 11) is 0. The van der Waals surface area contributed by atoms with Gasteiger partial charge in [-0.2, -0.15) is 0 Å². The number of carbonyl (C=O) groups excluding carboxylic acids is 1. The highest BCUT2D eigenvalue weighted by Crippen LogP contribution is 2.52. The van der Waals surface area contributed by atoms with Crippen LogP contribution in [0.2, 0.25) is 0 Å². The number of amides is 1. The molecule has 3 heteroatoms. The Morgan fingerprint density at radius 2 is 1.39 bits per heavy atom. The van der Waals surface area contributed by atoms with E-state index in [-0.39, 0.29) is 17.6 Å². The van der Waals surface area contributed by atoms with Gasteiger partial charge in [0.05, 0.1) is 0 Å². The highest BCUT2D eigenvalue weighted by atomic mass is 19.1. The molecular formula is C20H24FNO. The van der Waals surface area contributed by atoms with E-state index in [1.807, 2.05) is 0 Å². The predicted molar refractivity (Wildman–Crippen MR) is 91.5 cm³/mol. The molecule has 1 amide bonds. The van der Waals surface area contributed by atoms with Gasteiger partial charge in [0.25, 0.3) is 0 Å². The van der Waals surface area contributed by atoms with Crippen molar-refractivity contribution in [3.63, 3.8) is 0 Å². The van der Waals surface area contributed by atoms with Gasteiger partial charge in [-0.05, 0) is 74.6 Å². The average Bonchev–Trinajstić information content (AvgIpc) is 3.22. The molecule has 0 aromatic heterocycles. The zero-order valence-electron chi connectivity index (χ0n) is 13.4. The fraction of sp³-hybridized carbons (Fsp3) is 0.450. The lowest BCUT2D eigenvalue weighted by atomic mass is 10.1. The topological polar surface area (TPSA) is 29.1 Å². The molecule has 1 aromatic rings. The van der Waals surface area contributed by atoms with Crippen LogP contribution in [0.5, 0.6) is 0 Å². The third-order valence-electron chi connectivity index (χ3n) is 4.91. The Kier molecular flexibility index (Phi) is 5.27. The van der Waals surface area contributed by atoms with Gasteiger partial charge in [0.2, 0.25) is 5.91 Å². The summed E-state index contributed by atoms with van der Waals surface area (Å²) >= 11 is 0. The van der Waals surface area contributed by atoms with Gasteiger partial charge in [0, 0.05) is 11.6 Å². The van der Waals surface area contributed by atoms with Crippen LogP contribution in [0.15, 0.2) is 48.6 Å². The molecule has 0 aliphatic heterocycles. The second-order valence-electron chi connectivity index (χ2n) is 6.52. The zero-order chi connectivity index (χ0) is 16.1. The first kappa shape index (κ1) is 16.0. The standard InChI is InChI=1S/C20H24FNO/c21-15-11-13-16(14-12-15)22-20(23)19-17-9-7-5-3-1-2-4-6-8-10-18(17)19/h3-6,11-14,17-19H,1-2,7-10H2,(H,22,23)/t17-,18-,19?/m0/s1. The minimum Gasteiger partial charge on any atom is -0.326 e. The quantitative estimate of drug-likeness (QED) is 0.757. The highest BCUT2D eigenvalue weighted by molar-refractivity contribution is 5.94. The molecule has 1 aromatic carbocycles. The first-order chi connectivity index (χ1) is 11.3. The number of carbonyl (C=O) groups is 1. The van der Waals surface area contributed by atoms with Crippen molar-refractivity contribution in [3.8, 4) is 0 Å². The molecule has 2 aliphatic rings. The Morgan fingerprint density at radius 1 is 0.870 bits per heavy atom. The monoisotopic (exact) mass is 313 g/mol. The fourth-order valence-corrected chi connectivity index (χ4v) is 3.62. The summed E-state index contributed by atoms with van der Waals surface area (Å²) in [6.07, 6.45) is 15.5. The summed E-state index contributed by atoms with van der Waals surface area (Å²) in [5, 5.41) is 2.94. The van der Waals surface area contributed by atoms with Crippen LogP contribution < -0.4 is 5.32 Å². The molecule has 0 saturated heterocycles. The highest BCUT2D eigenvalue weighted by Gasteiger charge is 2.52. The molecule has 0 unspecified atom stereocenters. The van der Waals surface area contributed by atoms with E-state index in [1.54, 1.807) is 12.1 Å². The van der Waals surface area contributed by atoms with Gasteiger partial charge >= 0.3 is 0 Å². The summed E-state index contributed by atoms with van der Waals surface area (Å²) in [6.45, 7) is 0. The van der Waals surface area contributed by atoms with Gasteiger partial charge in [0.15, 0.2) is 0 Å². The van der Waals surface area contributed by atoms with Gasteiger partial charge in [-0.3, -0.25) is 4.79 Å². The van der Waals surface area contributed by atoms with Crippen LogP contribution in [0.4, 0.5) is 10.1 Å². The van der Waals surface area contributed by atoms with Crippen LogP contribution in [0, 0.1) is 23.6 Å². The van der Waals surface area contributed by atoms with Crippen molar-refractivity contribution in [2.45, 2.75) is 38.5 Å². The SMILES string of the molecule is O=C(Nc1ccc(F)cc1)C1[C@H]2CCC=CCCC=CCC[C@H]12. The van der Waals surface area contributed by atoms with E-state index in [0.29, 0.717) is 17.5 Å². The van der Waals surface area contributed by atoms with Crippen molar-refractivity contribution in [1.82, 2.24) is 0 Å². The number of hydrogen-bond acceptors (Lipinski definition) is 1. The Morgan fingerprint density at radius 3 is 1.96 bits per heavy atom. The second kappa shape index (κ2) is 7.58. The van der Waals surface area contributed by atoms with Crippen molar-refractivity contribution in [1.29, 1.82) is 0 Å². The molecule has 2 nitrogen and oxygen atoms in total. The predicted octanol–water partition coefficient (Wildman–Crippen LogP) is 5.09. The minimum atomic E-state index is -0.283. The summed E-state index contributed by atoms with van der Waals surface area (Å²) < 4.78 is 12.9. The van der Waals surface area contributed by atoms with E-state index in [4.69, 9.17) is 0 Å². The zero-order valence-corrected chi connectivity index (χ0v) is 13.4. The van der Waals surface area contributed by atoms with Crippen LogP contribution in [0.25, 0.3) is 0 Å². The number of allylic oxidation sites excluding steroid dienone is 4. The van der Waals surface area contributed by atoms with E-state index in [0.717, 1.165) is 38.5 Å². The second-order valence-corrected chi connectivity index (χ2v) is 6.52. The molecular weight excluding hydrogens is 289 g/mol.